The summed E-state index contributed by atoms with van der Waals surface area (Å²) in [5, 5.41) is 3.25. The van der Waals surface area contributed by atoms with Crippen LogP contribution in [0.2, 0.25) is 0 Å². The molecule has 0 atom stereocenters. The molecule has 0 unspecified atom stereocenters. The molecule has 1 aliphatic heterocycles. The van der Waals surface area contributed by atoms with E-state index in [0.29, 0.717) is 5.56 Å². The van der Waals surface area contributed by atoms with Crippen LogP contribution in [0.25, 0.3) is 0 Å². The number of benzene rings is 2. The predicted octanol–water partition coefficient (Wildman–Crippen LogP) is 2.22. The van der Waals surface area contributed by atoms with Crippen molar-refractivity contribution < 1.29 is 12.8 Å². The standard InChI is InChI=1S/C16H17FN2O2S/c1-11-6-15(4-5-16(11)17)22(20,21)19-8-12-2-3-13-9-18-10-14(13)7-12/h2-7,18-19H,8-10H2,1H3. The van der Waals surface area contributed by atoms with Gasteiger partial charge in [-0.3, -0.25) is 0 Å². The molecule has 116 valence electrons. The maximum Gasteiger partial charge on any atom is 0.240 e. The second-order valence-corrected chi connectivity index (χ2v) is 7.21. The van der Waals surface area contributed by atoms with Gasteiger partial charge in [-0.2, -0.15) is 0 Å². The maximum absolute atomic E-state index is 13.2. The SMILES string of the molecule is Cc1cc(S(=O)(=O)NCc2ccc3c(c2)CNC3)ccc1F. The minimum Gasteiger partial charge on any atom is -0.309 e. The highest BCUT2D eigenvalue weighted by Gasteiger charge is 2.16. The number of nitrogens with one attached hydrogen (secondary N) is 2. The summed E-state index contributed by atoms with van der Waals surface area (Å²) in [5.41, 5.74) is 3.67. The summed E-state index contributed by atoms with van der Waals surface area (Å²) in [4.78, 5) is 0.0780. The molecule has 1 aliphatic rings. The highest BCUT2D eigenvalue weighted by Crippen LogP contribution is 2.18. The van der Waals surface area contributed by atoms with E-state index >= 15 is 0 Å². The van der Waals surface area contributed by atoms with Crippen molar-refractivity contribution in [1.82, 2.24) is 10.0 Å². The van der Waals surface area contributed by atoms with Gasteiger partial charge in [-0.25, -0.2) is 17.5 Å². The Bertz CT molecular complexity index is 819. The summed E-state index contributed by atoms with van der Waals surface area (Å²) < 4.78 is 40.3. The van der Waals surface area contributed by atoms with Crippen LogP contribution in [-0.2, 0) is 29.7 Å². The van der Waals surface area contributed by atoms with E-state index < -0.39 is 15.8 Å². The average Bonchev–Trinajstić information content (AvgIpc) is 2.95. The molecule has 0 aliphatic carbocycles. The Labute approximate surface area is 129 Å². The number of sulfonamides is 1. The number of halogens is 1. The number of hydrogen-bond acceptors (Lipinski definition) is 3. The molecule has 4 nitrogen and oxygen atoms in total. The van der Waals surface area contributed by atoms with Crippen molar-refractivity contribution in [1.29, 1.82) is 0 Å². The second-order valence-electron chi connectivity index (χ2n) is 5.44. The van der Waals surface area contributed by atoms with Crippen LogP contribution in [0.5, 0.6) is 0 Å². The third-order valence-corrected chi connectivity index (χ3v) is 5.21. The van der Waals surface area contributed by atoms with Crippen LogP contribution in [0.1, 0.15) is 22.3 Å². The molecule has 6 heteroatoms. The van der Waals surface area contributed by atoms with E-state index in [1.165, 1.54) is 29.3 Å². The van der Waals surface area contributed by atoms with Gasteiger partial charge in [0, 0.05) is 19.6 Å². The van der Waals surface area contributed by atoms with Crippen molar-refractivity contribution in [3.8, 4) is 0 Å². The monoisotopic (exact) mass is 320 g/mol. The Morgan fingerprint density at radius 1 is 1.14 bits per heavy atom. The predicted molar refractivity (Wildman–Crippen MR) is 82.1 cm³/mol. The largest absolute Gasteiger partial charge is 0.309 e. The molecule has 22 heavy (non-hydrogen) atoms. The van der Waals surface area contributed by atoms with Crippen LogP contribution >= 0.6 is 0 Å². The van der Waals surface area contributed by atoms with E-state index in [-0.39, 0.29) is 11.4 Å². The fourth-order valence-corrected chi connectivity index (χ4v) is 3.61. The molecule has 0 amide bonds. The van der Waals surface area contributed by atoms with Gasteiger partial charge in [-0.15, -0.1) is 0 Å². The average molecular weight is 320 g/mol. The van der Waals surface area contributed by atoms with Crippen LogP contribution in [0.3, 0.4) is 0 Å². The summed E-state index contributed by atoms with van der Waals surface area (Å²) >= 11 is 0. The molecule has 0 aromatic heterocycles. The van der Waals surface area contributed by atoms with E-state index in [9.17, 15) is 12.8 Å². The van der Waals surface area contributed by atoms with Crippen molar-refractivity contribution in [2.75, 3.05) is 0 Å². The summed E-state index contributed by atoms with van der Waals surface area (Å²) in [5.74, 6) is -0.412. The first-order valence-electron chi connectivity index (χ1n) is 7.03. The second kappa shape index (κ2) is 5.79. The van der Waals surface area contributed by atoms with Gasteiger partial charge in [0.15, 0.2) is 0 Å². The summed E-state index contributed by atoms with van der Waals surface area (Å²) in [6.07, 6.45) is 0. The minimum atomic E-state index is -3.64. The van der Waals surface area contributed by atoms with Crippen molar-refractivity contribution in [3.05, 3.63) is 64.5 Å². The number of rotatable bonds is 4. The molecule has 2 aromatic rings. The summed E-state index contributed by atoms with van der Waals surface area (Å²) in [6, 6.07) is 9.73. The first-order chi connectivity index (χ1) is 10.5. The topological polar surface area (TPSA) is 58.2 Å². The molecule has 0 radical (unpaired) electrons. The van der Waals surface area contributed by atoms with Crippen LogP contribution < -0.4 is 10.0 Å². The van der Waals surface area contributed by atoms with Crippen molar-refractivity contribution in [2.24, 2.45) is 0 Å². The van der Waals surface area contributed by atoms with Crippen LogP contribution in [0.15, 0.2) is 41.3 Å². The normalized spacial score (nSPS) is 14.1. The lowest BCUT2D eigenvalue weighted by atomic mass is 10.1. The summed E-state index contributed by atoms with van der Waals surface area (Å²) in [7, 11) is -3.64. The molecule has 1 heterocycles. The quantitative estimate of drug-likeness (QED) is 0.908. The molecule has 0 spiro atoms. The van der Waals surface area contributed by atoms with Gasteiger partial charge in [0.2, 0.25) is 10.0 Å². The molecule has 0 saturated carbocycles. The van der Waals surface area contributed by atoms with Crippen LogP contribution in [0, 0.1) is 12.7 Å². The highest BCUT2D eigenvalue weighted by atomic mass is 32.2. The Hall–Kier alpha value is -1.76. The van der Waals surface area contributed by atoms with Crippen LogP contribution in [0.4, 0.5) is 4.39 Å². The maximum atomic E-state index is 13.2. The third kappa shape index (κ3) is 3.04. The van der Waals surface area contributed by atoms with Gasteiger partial charge in [0.05, 0.1) is 4.90 Å². The van der Waals surface area contributed by atoms with E-state index in [1.807, 2.05) is 18.2 Å². The van der Waals surface area contributed by atoms with E-state index in [2.05, 4.69) is 10.0 Å². The number of fused-ring (bicyclic) bond motifs is 1. The molecule has 2 aromatic carbocycles. The lowest BCUT2D eigenvalue weighted by Crippen LogP contribution is -2.23. The zero-order valence-electron chi connectivity index (χ0n) is 12.2. The Morgan fingerprint density at radius 3 is 2.68 bits per heavy atom. The third-order valence-electron chi connectivity index (χ3n) is 3.81. The fourth-order valence-electron chi connectivity index (χ4n) is 2.50. The van der Waals surface area contributed by atoms with E-state index in [1.54, 1.807) is 6.92 Å². The van der Waals surface area contributed by atoms with Crippen molar-refractivity contribution in [2.45, 2.75) is 31.5 Å². The summed E-state index contributed by atoms with van der Waals surface area (Å²) in [6.45, 7) is 3.43. The molecule has 0 bridgehead atoms. The van der Waals surface area contributed by atoms with Gasteiger partial charge in [-0.05, 0) is 47.4 Å². The zero-order chi connectivity index (χ0) is 15.7. The number of hydrogen-bond donors (Lipinski definition) is 2. The molecule has 3 rings (SSSR count). The minimum absolute atomic E-state index is 0.0780. The van der Waals surface area contributed by atoms with Crippen molar-refractivity contribution >= 4 is 10.0 Å². The Morgan fingerprint density at radius 2 is 1.91 bits per heavy atom. The van der Waals surface area contributed by atoms with Gasteiger partial charge in [0.25, 0.3) is 0 Å². The number of aryl methyl sites for hydroxylation is 1. The van der Waals surface area contributed by atoms with E-state index in [0.717, 1.165) is 18.7 Å². The molecular weight excluding hydrogens is 303 g/mol. The molecular formula is C16H17FN2O2S. The molecule has 0 saturated heterocycles. The van der Waals surface area contributed by atoms with Gasteiger partial charge >= 0.3 is 0 Å². The molecule has 2 N–H and O–H groups in total. The van der Waals surface area contributed by atoms with Crippen molar-refractivity contribution in [3.63, 3.8) is 0 Å². The van der Waals surface area contributed by atoms with E-state index in [4.69, 9.17) is 0 Å². The fraction of sp³-hybridized carbons (Fsp3) is 0.250. The Kier molecular flexibility index (Phi) is 3.99. The van der Waals surface area contributed by atoms with Gasteiger partial charge < -0.3 is 5.32 Å². The molecule has 0 fully saturated rings. The van der Waals surface area contributed by atoms with Crippen LogP contribution in [-0.4, -0.2) is 8.42 Å². The first-order valence-corrected chi connectivity index (χ1v) is 8.51. The van der Waals surface area contributed by atoms with Gasteiger partial charge in [-0.1, -0.05) is 18.2 Å². The lowest BCUT2D eigenvalue weighted by Gasteiger charge is -2.09. The smallest absolute Gasteiger partial charge is 0.240 e. The Balaban J connectivity index is 1.76. The first kappa shape index (κ1) is 15.1. The zero-order valence-corrected chi connectivity index (χ0v) is 13.0. The highest BCUT2D eigenvalue weighted by molar-refractivity contribution is 7.89. The van der Waals surface area contributed by atoms with Gasteiger partial charge in [0.1, 0.15) is 5.82 Å². The lowest BCUT2D eigenvalue weighted by molar-refractivity contribution is 0.579.